The van der Waals surface area contributed by atoms with E-state index in [1.807, 2.05) is 13.0 Å². The minimum absolute atomic E-state index is 0.707. The molecule has 0 fully saturated rings. The van der Waals surface area contributed by atoms with Gasteiger partial charge in [0.25, 0.3) is 0 Å². The molecule has 1 aromatic heterocycles. The molecule has 0 radical (unpaired) electrons. The molecule has 96 valence electrons. The molecule has 3 nitrogen and oxygen atoms in total. The Morgan fingerprint density at radius 1 is 1.22 bits per heavy atom. The van der Waals surface area contributed by atoms with Crippen molar-refractivity contribution >= 4 is 10.9 Å². The fraction of sp³-hybridized carbons (Fsp3) is 0.400. The molecular formula is C15H20N2O. The number of methoxy groups -OCH3 is 1. The molecule has 0 spiro atoms. The Hall–Kier alpha value is -1.61. The van der Waals surface area contributed by atoms with E-state index in [4.69, 9.17) is 10.5 Å². The van der Waals surface area contributed by atoms with Crippen LogP contribution in [-0.4, -0.2) is 18.6 Å². The first-order valence-corrected chi connectivity index (χ1v) is 6.30. The molecule has 1 aromatic carbocycles. The Kier molecular flexibility index (Phi) is 3.82. The molecule has 2 aromatic rings. The summed E-state index contributed by atoms with van der Waals surface area (Å²) >= 11 is 0. The molecule has 0 bridgehead atoms. The highest BCUT2D eigenvalue weighted by atomic mass is 16.5. The predicted octanol–water partition coefficient (Wildman–Crippen LogP) is 2.75. The van der Waals surface area contributed by atoms with Gasteiger partial charge in [-0.2, -0.15) is 0 Å². The Morgan fingerprint density at radius 2 is 2.00 bits per heavy atom. The maximum absolute atomic E-state index is 5.60. The van der Waals surface area contributed by atoms with Gasteiger partial charge in [0.2, 0.25) is 0 Å². The molecule has 1 heterocycles. The molecule has 0 unspecified atom stereocenters. The summed E-state index contributed by atoms with van der Waals surface area (Å²) in [6, 6.07) is 6.31. The highest BCUT2D eigenvalue weighted by Crippen LogP contribution is 2.29. The molecule has 0 amide bonds. The molecule has 0 atom stereocenters. The van der Waals surface area contributed by atoms with Crippen molar-refractivity contribution < 1.29 is 4.74 Å². The van der Waals surface area contributed by atoms with Crippen LogP contribution in [0, 0.1) is 13.8 Å². The fourth-order valence-corrected chi connectivity index (χ4v) is 2.30. The van der Waals surface area contributed by atoms with E-state index in [1.54, 1.807) is 7.11 Å². The zero-order chi connectivity index (χ0) is 13.1. The van der Waals surface area contributed by atoms with Crippen LogP contribution in [0.15, 0.2) is 18.2 Å². The van der Waals surface area contributed by atoms with Gasteiger partial charge in [-0.15, -0.1) is 0 Å². The summed E-state index contributed by atoms with van der Waals surface area (Å²) in [5, 5.41) is 1.09. The second-order valence-corrected chi connectivity index (χ2v) is 4.68. The van der Waals surface area contributed by atoms with Gasteiger partial charge in [0, 0.05) is 17.1 Å². The summed E-state index contributed by atoms with van der Waals surface area (Å²) in [5.41, 5.74) is 10.1. The first-order valence-electron chi connectivity index (χ1n) is 6.30. The van der Waals surface area contributed by atoms with Crippen LogP contribution in [0.2, 0.25) is 0 Å². The van der Waals surface area contributed by atoms with E-state index in [0.29, 0.717) is 6.54 Å². The summed E-state index contributed by atoms with van der Waals surface area (Å²) in [6.45, 7) is 4.80. The summed E-state index contributed by atoms with van der Waals surface area (Å²) in [4.78, 5) is 4.66. The van der Waals surface area contributed by atoms with Crippen molar-refractivity contribution in [1.29, 1.82) is 0 Å². The van der Waals surface area contributed by atoms with Crippen LogP contribution in [0.25, 0.3) is 10.9 Å². The molecule has 0 aliphatic carbocycles. The van der Waals surface area contributed by atoms with Crippen LogP contribution in [-0.2, 0) is 6.42 Å². The Labute approximate surface area is 108 Å². The van der Waals surface area contributed by atoms with Crippen LogP contribution < -0.4 is 10.5 Å². The highest BCUT2D eigenvalue weighted by Gasteiger charge is 2.09. The average molecular weight is 244 g/mol. The number of benzene rings is 1. The molecule has 0 aliphatic heterocycles. The minimum atomic E-state index is 0.707. The topological polar surface area (TPSA) is 48.1 Å². The summed E-state index contributed by atoms with van der Waals surface area (Å²) in [5.74, 6) is 0.898. The number of nitrogens with two attached hydrogens (primary N) is 1. The lowest BCUT2D eigenvalue weighted by Gasteiger charge is -2.11. The van der Waals surface area contributed by atoms with E-state index in [9.17, 15) is 0 Å². The van der Waals surface area contributed by atoms with Crippen molar-refractivity contribution in [2.24, 2.45) is 5.73 Å². The molecular weight excluding hydrogens is 224 g/mol. The van der Waals surface area contributed by atoms with Crippen molar-refractivity contribution in [3.8, 4) is 5.75 Å². The van der Waals surface area contributed by atoms with Gasteiger partial charge in [-0.05, 0) is 50.4 Å². The lowest BCUT2D eigenvalue weighted by Crippen LogP contribution is -2.02. The number of fused-ring (bicyclic) bond motifs is 1. The first-order chi connectivity index (χ1) is 8.65. The van der Waals surface area contributed by atoms with Crippen LogP contribution in [0.4, 0.5) is 0 Å². The third-order valence-corrected chi connectivity index (χ3v) is 3.10. The Bertz CT molecular complexity index is 564. The van der Waals surface area contributed by atoms with Gasteiger partial charge >= 0.3 is 0 Å². The standard InChI is InChI=1S/C15H20N2O/c1-10-7-12(5-4-6-16)15-13(8-10)14(18-3)9-11(2)17-15/h7-9H,4-6,16H2,1-3H3. The summed E-state index contributed by atoms with van der Waals surface area (Å²) in [7, 11) is 1.70. The van der Waals surface area contributed by atoms with Gasteiger partial charge in [-0.1, -0.05) is 6.07 Å². The Morgan fingerprint density at radius 3 is 2.67 bits per heavy atom. The number of nitrogens with zero attached hydrogens (tertiary/aromatic N) is 1. The van der Waals surface area contributed by atoms with Crippen LogP contribution in [0.5, 0.6) is 5.75 Å². The van der Waals surface area contributed by atoms with Crippen molar-refractivity contribution in [3.05, 3.63) is 35.0 Å². The van der Waals surface area contributed by atoms with Crippen molar-refractivity contribution in [1.82, 2.24) is 4.98 Å². The summed E-state index contributed by atoms with van der Waals surface area (Å²) in [6.07, 6.45) is 1.95. The normalized spacial score (nSPS) is 10.9. The van der Waals surface area contributed by atoms with Gasteiger partial charge < -0.3 is 10.5 Å². The average Bonchev–Trinajstić information content (AvgIpc) is 2.35. The van der Waals surface area contributed by atoms with Crippen molar-refractivity contribution in [2.45, 2.75) is 26.7 Å². The second kappa shape index (κ2) is 5.36. The van der Waals surface area contributed by atoms with Crippen molar-refractivity contribution in [3.63, 3.8) is 0 Å². The SMILES string of the molecule is COc1cc(C)nc2c(CCCN)cc(C)cc12. The lowest BCUT2D eigenvalue weighted by atomic mass is 10.0. The Balaban J connectivity index is 2.66. The largest absolute Gasteiger partial charge is 0.496 e. The van der Waals surface area contributed by atoms with E-state index >= 15 is 0 Å². The van der Waals surface area contributed by atoms with Gasteiger partial charge in [0.05, 0.1) is 12.6 Å². The van der Waals surface area contributed by atoms with Crippen LogP contribution >= 0.6 is 0 Å². The molecule has 2 rings (SSSR count). The number of ether oxygens (including phenoxy) is 1. The predicted molar refractivity (Wildman–Crippen MR) is 75.1 cm³/mol. The van der Waals surface area contributed by atoms with Gasteiger partial charge in [-0.3, -0.25) is 4.98 Å². The monoisotopic (exact) mass is 244 g/mol. The zero-order valence-corrected chi connectivity index (χ0v) is 11.3. The molecule has 0 aliphatic rings. The number of aromatic nitrogens is 1. The molecule has 0 saturated carbocycles. The number of aryl methyl sites for hydroxylation is 3. The first kappa shape index (κ1) is 12.8. The summed E-state index contributed by atoms with van der Waals surface area (Å²) < 4.78 is 5.46. The number of rotatable bonds is 4. The van der Waals surface area contributed by atoms with E-state index in [0.717, 1.165) is 35.2 Å². The number of hydrogen-bond acceptors (Lipinski definition) is 3. The van der Waals surface area contributed by atoms with E-state index in [2.05, 4.69) is 24.0 Å². The van der Waals surface area contributed by atoms with Crippen molar-refractivity contribution in [2.75, 3.05) is 13.7 Å². The van der Waals surface area contributed by atoms with Crippen LogP contribution in [0.3, 0.4) is 0 Å². The lowest BCUT2D eigenvalue weighted by molar-refractivity contribution is 0.419. The maximum atomic E-state index is 5.60. The minimum Gasteiger partial charge on any atom is -0.496 e. The van der Waals surface area contributed by atoms with Crippen LogP contribution in [0.1, 0.15) is 23.2 Å². The van der Waals surface area contributed by atoms with Gasteiger partial charge in [0.1, 0.15) is 5.75 Å². The second-order valence-electron chi connectivity index (χ2n) is 4.68. The van der Waals surface area contributed by atoms with E-state index in [1.165, 1.54) is 11.1 Å². The van der Waals surface area contributed by atoms with E-state index in [-0.39, 0.29) is 0 Å². The zero-order valence-electron chi connectivity index (χ0n) is 11.3. The van der Waals surface area contributed by atoms with E-state index < -0.39 is 0 Å². The number of pyridine rings is 1. The quantitative estimate of drug-likeness (QED) is 0.899. The fourth-order valence-electron chi connectivity index (χ4n) is 2.30. The van der Waals surface area contributed by atoms with Gasteiger partial charge in [0.15, 0.2) is 0 Å². The molecule has 3 heteroatoms. The third kappa shape index (κ3) is 2.46. The molecule has 18 heavy (non-hydrogen) atoms. The number of hydrogen-bond donors (Lipinski definition) is 1. The maximum Gasteiger partial charge on any atom is 0.130 e. The molecule has 2 N–H and O–H groups in total. The highest BCUT2D eigenvalue weighted by molar-refractivity contribution is 5.88. The molecule has 0 saturated heterocycles. The smallest absolute Gasteiger partial charge is 0.130 e. The third-order valence-electron chi connectivity index (χ3n) is 3.10. The van der Waals surface area contributed by atoms with Gasteiger partial charge in [-0.25, -0.2) is 0 Å².